The highest BCUT2D eigenvalue weighted by Crippen LogP contribution is 2.65. The molecule has 3 unspecified atom stereocenters. The van der Waals surface area contributed by atoms with Crippen molar-refractivity contribution in [3.63, 3.8) is 0 Å². The van der Waals surface area contributed by atoms with Crippen molar-refractivity contribution in [3.05, 3.63) is 24.4 Å². The molecule has 1 aromatic rings. The average Bonchev–Trinajstić information content (AvgIpc) is 3.31. The van der Waals surface area contributed by atoms with Crippen LogP contribution >= 0.6 is 11.8 Å². The molecule has 0 aromatic carbocycles. The highest BCUT2D eigenvalue weighted by atomic mass is 32.2. The lowest BCUT2D eigenvalue weighted by molar-refractivity contribution is -0.145. The number of fused-ring (bicyclic) bond motifs is 1. The molecule has 258 valence electrons. The number of aromatic nitrogens is 1. The fraction of sp³-hybridized carbons (Fsp3) is 0.714. The molecule has 2 heterocycles. The summed E-state index contributed by atoms with van der Waals surface area (Å²) in [5.41, 5.74) is 4.11. The molecule has 0 bridgehead atoms. The summed E-state index contributed by atoms with van der Waals surface area (Å²) >= 11 is 1.62. The van der Waals surface area contributed by atoms with Crippen LogP contribution in [0.15, 0.2) is 29.4 Å². The van der Waals surface area contributed by atoms with Crippen molar-refractivity contribution in [2.45, 2.75) is 121 Å². The number of primary amides is 1. The summed E-state index contributed by atoms with van der Waals surface area (Å²) in [6.07, 6.45) is 9.86. The molecule has 1 aromatic heterocycles. The zero-order valence-corrected chi connectivity index (χ0v) is 29.3. The number of piperidine rings is 1. The minimum absolute atomic E-state index is 0.0944. The van der Waals surface area contributed by atoms with Gasteiger partial charge in [0.15, 0.2) is 0 Å². The van der Waals surface area contributed by atoms with E-state index >= 15 is 0 Å². The monoisotopic (exact) mass is 668 g/mol. The average molecular weight is 669 g/mol. The maximum absolute atomic E-state index is 14.4. The van der Waals surface area contributed by atoms with Crippen LogP contribution in [0.5, 0.6) is 0 Å². The summed E-state index contributed by atoms with van der Waals surface area (Å²) in [7, 11) is 0. The fourth-order valence-corrected chi connectivity index (χ4v) is 9.03. The number of rotatable bonds is 12. The van der Waals surface area contributed by atoms with Crippen molar-refractivity contribution in [3.8, 4) is 0 Å². The number of hydrogen-bond acceptors (Lipinski definition) is 7. The van der Waals surface area contributed by atoms with Crippen LogP contribution in [0.2, 0.25) is 0 Å². The number of pyridine rings is 1. The maximum atomic E-state index is 14.4. The van der Waals surface area contributed by atoms with Crippen LogP contribution in [0.25, 0.3) is 0 Å². The molecule has 12 heteroatoms. The van der Waals surface area contributed by atoms with Gasteiger partial charge in [-0.15, -0.1) is 11.8 Å². The topological polar surface area (TPSA) is 164 Å². The van der Waals surface area contributed by atoms with Crippen LogP contribution in [-0.2, 0) is 19.2 Å². The van der Waals surface area contributed by atoms with Gasteiger partial charge in [0.05, 0.1) is 16.6 Å². The van der Waals surface area contributed by atoms with Crippen LogP contribution in [0.4, 0.5) is 4.79 Å². The van der Waals surface area contributed by atoms with Crippen molar-refractivity contribution < 1.29 is 24.0 Å². The van der Waals surface area contributed by atoms with Gasteiger partial charge in [0.2, 0.25) is 17.6 Å². The Hall–Kier alpha value is -3.15. The van der Waals surface area contributed by atoms with E-state index in [-0.39, 0.29) is 29.1 Å². The number of hydrogen-bond donors (Lipinski definition) is 4. The van der Waals surface area contributed by atoms with Crippen molar-refractivity contribution in [2.24, 2.45) is 34.3 Å². The quantitative estimate of drug-likeness (QED) is 0.194. The molecule has 5 rings (SSSR count). The van der Waals surface area contributed by atoms with Gasteiger partial charge in [-0.05, 0) is 60.0 Å². The number of ketones is 1. The number of likely N-dealkylation sites (tertiary alicyclic amines) is 1. The predicted molar refractivity (Wildman–Crippen MR) is 180 cm³/mol. The number of nitrogens with two attached hydrogens (primary N) is 1. The van der Waals surface area contributed by atoms with Crippen LogP contribution in [0.3, 0.4) is 0 Å². The molecule has 3 aliphatic carbocycles. The molecule has 0 radical (unpaired) electrons. The van der Waals surface area contributed by atoms with Crippen LogP contribution < -0.4 is 21.7 Å². The van der Waals surface area contributed by atoms with E-state index in [0.717, 1.165) is 56.4 Å². The lowest BCUT2D eigenvalue weighted by atomic mass is 9.80. The second-order valence-corrected chi connectivity index (χ2v) is 16.9. The second-order valence-electron chi connectivity index (χ2n) is 15.9. The zero-order valence-electron chi connectivity index (χ0n) is 28.5. The molecule has 5 N–H and O–H groups in total. The largest absolute Gasteiger partial charge is 0.363 e. The molecular formula is C35H52N6O5S. The van der Waals surface area contributed by atoms with E-state index in [9.17, 15) is 24.0 Å². The highest BCUT2D eigenvalue weighted by molar-refractivity contribution is 7.99. The van der Waals surface area contributed by atoms with Crippen molar-refractivity contribution in [1.82, 2.24) is 25.8 Å². The summed E-state index contributed by atoms with van der Waals surface area (Å²) in [6.45, 7) is 10.3. The summed E-state index contributed by atoms with van der Waals surface area (Å²) in [5.74, 6) is -1.71. The number of nitrogens with one attached hydrogen (secondary N) is 3. The number of urea groups is 1. The summed E-state index contributed by atoms with van der Waals surface area (Å²) in [5, 5.41) is 10.0. The first kappa shape index (κ1) is 35.2. The molecule has 11 nitrogen and oxygen atoms in total. The van der Waals surface area contributed by atoms with Crippen LogP contribution in [-0.4, -0.2) is 75.4 Å². The standard InChI is InChI=1S/C35H52N6O5S/c1-33(2,3)28(39-32(46)40-35(15-8-6-9-16-35)20-47-24-14-7-10-17-37-24)31(45)41-19-22-25(34(22,4)5)26(41)30(44)38-23(27(42)29(36)43)18-21-12-11-13-21/h7,10,14,17,21-23,25-26,28H,6,8-9,11-13,15-16,18-20H2,1-5H3,(H2,36,43)(H,38,44)(H2,39,40,46)/t22?,23?,25-,26?,28-/m1/s1. The molecule has 3 saturated carbocycles. The molecule has 47 heavy (non-hydrogen) atoms. The van der Waals surface area contributed by atoms with E-state index in [4.69, 9.17) is 5.73 Å². The molecular weight excluding hydrogens is 616 g/mol. The molecule has 1 saturated heterocycles. The number of amides is 5. The van der Waals surface area contributed by atoms with Gasteiger partial charge in [-0.3, -0.25) is 19.2 Å². The van der Waals surface area contributed by atoms with Gasteiger partial charge < -0.3 is 26.6 Å². The fourth-order valence-electron chi connectivity index (χ4n) is 7.94. The van der Waals surface area contributed by atoms with E-state index in [0.29, 0.717) is 18.7 Å². The number of thioether (sulfide) groups is 1. The van der Waals surface area contributed by atoms with E-state index in [1.807, 2.05) is 39.0 Å². The Bertz CT molecular complexity index is 1350. The van der Waals surface area contributed by atoms with Gasteiger partial charge in [0.1, 0.15) is 12.1 Å². The summed E-state index contributed by atoms with van der Waals surface area (Å²) in [6, 6.07) is 2.65. The summed E-state index contributed by atoms with van der Waals surface area (Å²) < 4.78 is 0. The Morgan fingerprint density at radius 3 is 2.32 bits per heavy atom. The number of Topliss-reactive ketones (excluding diaryl/α,β-unsaturated/α-hetero) is 1. The van der Waals surface area contributed by atoms with Gasteiger partial charge in [-0.2, -0.15) is 0 Å². The number of carbonyl (C=O) groups excluding carboxylic acids is 5. The third-order valence-corrected chi connectivity index (χ3v) is 12.4. The van der Waals surface area contributed by atoms with E-state index in [1.165, 1.54) is 0 Å². The normalized spacial score (nSPS) is 25.8. The van der Waals surface area contributed by atoms with Gasteiger partial charge in [0, 0.05) is 18.5 Å². The Morgan fingerprint density at radius 2 is 1.74 bits per heavy atom. The highest BCUT2D eigenvalue weighted by Gasteiger charge is 2.70. The predicted octanol–water partition coefficient (Wildman–Crippen LogP) is 3.80. The van der Waals surface area contributed by atoms with Crippen molar-refractivity contribution in [2.75, 3.05) is 12.3 Å². The molecule has 5 atom stereocenters. The Morgan fingerprint density at radius 1 is 1.04 bits per heavy atom. The van der Waals surface area contributed by atoms with Crippen molar-refractivity contribution in [1.29, 1.82) is 0 Å². The van der Waals surface area contributed by atoms with E-state index in [1.54, 1.807) is 22.9 Å². The minimum Gasteiger partial charge on any atom is -0.363 e. The number of carbonyl (C=O) groups is 5. The lowest BCUT2D eigenvalue weighted by Crippen LogP contribution is -2.63. The number of nitrogens with zero attached hydrogens (tertiary/aromatic N) is 2. The van der Waals surface area contributed by atoms with Gasteiger partial charge >= 0.3 is 6.03 Å². The molecule has 0 spiro atoms. The Kier molecular flexibility index (Phi) is 10.3. The molecule has 4 fully saturated rings. The first-order valence-corrected chi connectivity index (χ1v) is 18.2. The Balaban J connectivity index is 1.31. The first-order valence-electron chi connectivity index (χ1n) is 17.2. The lowest BCUT2D eigenvalue weighted by Gasteiger charge is -2.40. The smallest absolute Gasteiger partial charge is 0.315 e. The van der Waals surface area contributed by atoms with Gasteiger partial charge in [-0.25, -0.2) is 9.78 Å². The van der Waals surface area contributed by atoms with Crippen LogP contribution in [0.1, 0.15) is 92.4 Å². The van der Waals surface area contributed by atoms with Gasteiger partial charge in [-0.1, -0.05) is 79.2 Å². The second kappa shape index (κ2) is 13.8. The summed E-state index contributed by atoms with van der Waals surface area (Å²) in [4.78, 5) is 72.8. The SMILES string of the molecule is CC(C)(C)[C@H](NC(=O)NC1(CSc2ccccn2)CCCCC1)C(=O)N1CC2[C@H](C1C(=O)NC(CC1CCC1)C(=O)C(N)=O)C2(C)C. The molecule has 1 aliphatic heterocycles. The van der Waals surface area contributed by atoms with E-state index < -0.39 is 52.7 Å². The zero-order chi connectivity index (χ0) is 34.1. The van der Waals surface area contributed by atoms with E-state index in [2.05, 4.69) is 34.8 Å². The van der Waals surface area contributed by atoms with Crippen LogP contribution in [0, 0.1) is 28.6 Å². The molecule has 4 aliphatic rings. The maximum Gasteiger partial charge on any atom is 0.315 e. The third-order valence-electron chi connectivity index (χ3n) is 11.1. The third kappa shape index (κ3) is 7.78. The minimum atomic E-state index is -1.07. The molecule has 5 amide bonds. The van der Waals surface area contributed by atoms with Gasteiger partial charge in [0.25, 0.3) is 5.91 Å². The van der Waals surface area contributed by atoms with Crippen molar-refractivity contribution >= 4 is 41.3 Å². The Labute approximate surface area is 282 Å². The first-order chi connectivity index (χ1) is 22.1.